The number of amides is 2. The van der Waals surface area contributed by atoms with E-state index < -0.39 is 0 Å². The zero-order valence-corrected chi connectivity index (χ0v) is 13.7. The Morgan fingerprint density at radius 2 is 0.958 bits per heavy atom. The normalized spacial score (nSPS) is 10.2. The second-order valence-corrected chi connectivity index (χ2v) is 5.55. The molecule has 2 heterocycles. The van der Waals surface area contributed by atoms with E-state index in [9.17, 15) is 9.59 Å². The van der Waals surface area contributed by atoms with Gasteiger partial charge in [0, 0.05) is 37.1 Å². The van der Waals surface area contributed by atoms with Crippen LogP contribution in [0.5, 0.6) is 0 Å². The number of aromatic nitrogens is 2. The van der Waals surface area contributed by atoms with Crippen LogP contribution in [0, 0.1) is 0 Å². The van der Waals surface area contributed by atoms with E-state index in [1.807, 2.05) is 36.4 Å². The first-order valence-electron chi connectivity index (χ1n) is 8.26. The van der Waals surface area contributed by atoms with Crippen molar-refractivity contribution < 1.29 is 18.9 Å². The van der Waals surface area contributed by atoms with Gasteiger partial charge in [-0.1, -0.05) is 34.3 Å². The summed E-state index contributed by atoms with van der Waals surface area (Å²) in [4.78, 5) is 23.5. The summed E-state index contributed by atoms with van der Waals surface area (Å²) in [5.74, 6) is 0.00819. The third-order valence-electron chi connectivity index (χ3n) is 3.50. The Balaban J connectivity index is 1.50. The van der Waals surface area contributed by atoms with E-state index in [0.717, 1.165) is 25.7 Å². The minimum atomic E-state index is 0.00409. The fourth-order valence-corrected chi connectivity index (χ4v) is 2.27. The number of nitrogens with one attached hydrogen (secondary N) is 2. The number of nitrogens with zero attached hydrogens (tertiary/aromatic N) is 2. The van der Waals surface area contributed by atoms with Crippen LogP contribution < -0.4 is 20.2 Å². The number of hydrogen-bond acceptors (Lipinski definition) is 2. The van der Waals surface area contributed by atoms with Crippen LogP contribution >= 0.6 is 0 Å². The average molecular weight is 328 g/mol. The lowest BCUT2D eigenvalue weighted by atomic mass is 10.1. The number of pyridine rings is 2. The maximum atomic E-state index is 11.8. The lowest BCUT2D eigenvalue weighted by molar-refractivity contribution is -0.642. The topological polar surface area (TPSA) is 66.0 Å². The summed E-state index contributed by atoms with van der Waals surface area (Å²) in [5, 5.41) is 0. The predicted molar refractivity (Wildman–Crippen MR) is 89.7 cm³/mol. The molecule has 2 aromatic heterocycles. The van der Waals surface area contributed by atoms with Crippen LogP contribution in [0.4, 0.5) is 0 Å². The highest BCUT2D eigenvalue weighted by molar-refractivity contribution is 5.82. The third kappa shape index (κ3) is 7.00. The standard InChI is InChI=1S/C18H22N4O2/c23-17(19-21-13-7-3-8-14-21)11-5-1-2-6-12-18(24)20-22-15-9-4-10-16-22/h3-4,7-10,13-16H,1-2,5-6,11-12H2/p+2. The van der Waals surface area contributed by atoms with Gasteiger partial charge in [-0.2, -0.15) is 0 Å². The monoisotopic (exact) mass is 328 g/mol. The molecule has 24 heavy (non-hydrogen) atoms. The molecule has 0 aliphatic carbocycles. The zero-order valence-electron chi connectivity index (χ0n) is 13.7. The van der Waals surface area contributed by atoms with Crippen molar-refractivity contribution in [2.45, 2.75) is 38.5 Å². The van der Waals surface area contributed by atoms with Crippen molar-refractivity contribution in [3.05, 3.63) is 61.2 Å². The van der Waals surface area contributed by atoms with Crippen molar-refractivity contribution in [1.29, 1.82) is 0 Å². The molecule has 2 N–H and O–H groups in total. The lowest BCUT2D eigenvalue weighted by Gasteiger charge is -2.01. The van der Waals surface area contributed by atoms with Crippen LogP contribution in [0.1, 0.15) is 38.5 Å². The highest BCUT2D eigenvalue weighted by atomic mass is 16.2. The molecule has 2 amide bonds. The number of unbranched alkanes of at least 4 members (excludes halogenated alkanes) is 3. The lowest BCUT2D eigenvalue weighted by Crippen LogP contribution is -2.47. The molecule has 2 rings (SSSR count). The molecule has 0 aliphatic heterocycles. The molecule has 0 bridgehead atoms. The van der Waals surface area contributed by atoms with Gasteiger partial charge < -0.3 is 0 Å². The predicted octanol–water partition coefficient (Wildman–Crippen LogP) is 1.44. The maximum absolute atomic E-state index is 11.8. The van der Waals surface area contributed by atoms with Gasteiger partial charge in [0.25, 0.3) is 11.8 Å². The molecule has 0 radical (unpaired) electrons. The van der Waals surface area contributed by atoms with Crippen molar-refractivity contribution in [3.8, 4) is 0 Å². The smallest absolute Gasteiger partial charge is 0.269 e. The molecule has 0 unspecified atom stereocenters. The summed E-state index contributed by atoms with van der Waals surface area (Å²) in [6, 6.07) is 11.2. The molecule has 0 aliphatic rings. The average Bonchev–Trinajstić information content (AvgIpc) is 2.60. The van der Waals surface area contributed by atoms with Gasteiger partial charge in [-0.15, -0.1) is 10.9 Å². The van der Waals surface area contributed by atoms with Crippen LogP contribution in [0.3, 0.4) is 0 Å². The van der Waals surface area contributed by atoms with Crippen LogP contribution in [-0.2, 0) is 9.59 Å². The summed E-state index contributed by atoms with van der Waals surface area (Å²) in [5.41, 5.74) is 5.58. The van der Waals surface area contributed by atoms with Crippen molar-refractivity contribution >= 4 is 11.8 Å². The second-order valence-electron chi connectivity index (χ2n) is 5.55. The highest BCUT2D eigenvalue weighted by Gasteiger charge is 2.08. The minimum Gasteiger partial charge on any atom is -0.269 e. The Bertz CT molecular complexity index is 574. The van der Waals surface area contributed by atoms with E-state index in [2.05, 4.69) is 10.9 Å². The second kappa shape index (κ2) is 10.1. The molecular weight excluding hydrogens is 304 g/mol. The maximum Gasteiger partial charge on any atom is 0.274 e. The van der Waals surface area contributed by atoms with E-state index in [4.69, 9.17) is 0 Å². The molecule has 126 valence electrons. The Kier molecular flexibility index (Phi) is 7.40. The molecule has 0 saturated carbocycles. The molecule has 0 atom stereocenters. The van der Waals surface area contributed by atoms with Gasteiger partial charge in [0.05, 0.1) is 0 Å². The first kappa shape index (κ1) is 17.6. The number of carbonyl (C=O) groups is 2. The Labute approximate surface area is 142 Å². The molecule has 0 saturated heterocycles. The fraction of sp³-hybridized carbons (Fsp3) is 0.333. The van der Waals surface area contributed by atoms with E-state index in [0.29, 0.717) is 12.8 Å². The SMILES string of the molecule is O=C(CCCCCCC(=O)N[n+]1ccccc1)N[n+]1ccccc1. The molecule has 0 fully saturated rings. The fourth-order valence-electron chi connectivity index (χ4n) is 2.27. The summed E-state index contributed by atoms with van der Waals surface area (Å²) in [7, 11) is 0. The van der Waals surface area contributed by atoms with Gasteiger partial charge >= 0.3 is 0 Å². The molecular formula is C18H24N4O2+2. The summed E-state index contributed by atoms with van der Waals surface area (Å²) in [6.45, 7) is 0. The van der Waals surface area contributed by atoms with Crippen molar-refractivity contribution in [3.63, 3.8) is 0 Å². The van der Waals surface area contributed by atoms with E-state index >= 15 is 0 Å². The molecule has 2 aromatic rings. The van der Waals surface area contributed by atoms with E-state index in [1.54, 1.807) is 34.1 Å². The Hall–Kier alpha value is -2.76. The minimum absolute atomic E-state index is 0.00409. The first-order valence-corrected chi connectivity index (χ1v) is 8.26. The van der Waals surface area contributed by atoms with Gasteiger partial charge in [-0.05, 0) is 12.8 Å². The van der Waals surface area contributed by atoms with Crippen LogP contribution in [0.15, 0.2) is 61.2 Å². The van der Waals surface area contributed by atoms with Gasteiger partial charge in [0.1, 0.15) is 0 Å². The molecule has 6 nitrogen and oxygen atoms in total. The quantitative estimate of drug-likeness (QED) is 0.540. The first-order chi connectivity index (χ1) is 11.7. The van der Waals surface area contributed by atoms with Crippen molar-refractivity contribution in [2.24, 2.45) is 0 Å². The van der Waals surface area contributed by atoms with Gasteiger partial charge in [-0.25, -0.2) is 0 Å². The summed E-state index contributed by atoms with van der Waals surface area (Å²) in [6.07, 6.45) is 11.7. The summed E-state index contributed by atoms with van der Waals surface area (Å²) < 4.78 is 3.29. The van der Waals surface area contributed by atoms with Gasteiger partial charge in [-0.3, -0.25) is 9.59 Å². The van der Waals surface area contributed by atoms with Gasteiger partial charge in [0.2, 0.25) is 0 Å². The Morgan fingerprint density at radius 3 is 1.33 bits per heavy atom. The van der Waals surface area contributed by atoms with E-state index in [1.165, 1.54) is 0 Å². The number of carbonyl (C=O) groups excluding carboxylic acids is 2. The van der Waals surface area contributed by atoms with Crippen LogP contribution in [-0.4, -0.2) is 11.8 Å². The van der Waals surface area contributed by atoms with Crippen LogP contribution in [0.25, 0.3) is 0 Å². The zero-order chi connectivity index (χ0) is 17.0. The number of rotatable bonds is 9. The largest absolute Gasteiger partial charge is 0.274 e. The number of hydrogen-bond donors (Lipinski definition) is 2. The summed E-state index contributed by atoms with van der Waals surface area (Å²) >= 11 is 0. The van der Waals surface area contributed by atoms with Crippen molar-refractivity contribution in [1.82, 2.24) is 0 Å². The molecule has 0 aromatic carbocycles. The molecule has 0 spiro atoms. The van der Waals surface area contributed by atoms with Gasteiger partial charge in [0.15, 0.2) is 24.8 Å². The third-order valence-corrected chi connectivity index (χ3v) is 3.50. The van der Waals surface area contributed by atoms with Crippen LogP contribution in [0.2, 0.25) is 0 Å². The van der Waals surface area contributed by atoms with Crippen molar-refractivity contribution in [2.75, 3.05) is 10.9 Å². The highest BCUT2D eigenvalue weighted by Crippen LogP contribution is 2.05. The Morgan fingerprint density at radius 1 is 0.583 bits per heavy atom. The molecule has 6 heteroatoms. The van der Waals surface area contributed by atoms with E-state index in [-0.39, 0.29) is 11.8 Å².